The standard InChI is InChI=1S/C18H28N2O/c1-14-10-11-19-18(2,16-6-7-16)13-20(14)12-15-4-8-17(21-3)9-5-15/h4-5,8-9,14,16,19H,6-7,10-13H2,1-3H3. The third-order valence-corrected chi connectivity index (χ3v) is 5.27. The van der Waals surface area contributed by atoms with Crippen LogP contribution in [-0.4, -0.2) is 36.7 Å². The lowest BCUT2D eigenvalue weighted by molar-refractivity contribution is 0.155. The lowest BCUT2D eigenvalue weighted by Crippen LogP contribution is -2.51. The maximum Gasteiger partial charge on any atom is 0.118 e. The Labute approximate surface area is 128 Å². The molecule has 21 heavy (non-hydrogen) atoms. The highest BCUT2D eigenvalue weighted by atomic mass is 16.5. The Kier molecular flexibility index (Phi) is 4.23. The maximum absolute atomic E-state index is 5.25. The normalized spacial score (nSPS) is 30.9. The van der Waals surface area contributed by atoms with Gasteiger partial charge in [-0.05, 0) is 63.3 Å². The maximum atomic E-state index is 5.25. The summed E-state index contributed by atoms with van der Waals surface area (Å²) in [4.78, 5) is 2.65. The average Bonchev–Trinajstić information content (AvgIpc) is 3.32. The van der Waals surface area contributed by atoms with Gasteiger partial charge in [-0.2, -0.15) is 0 Å². The summed E-state index contributed by atoms with van der Waals surface area (Å²) in [6.45, 7) is 8.13. The van der Waals surface area contributed by atoms with Gasteiger partial charge < -0.3 is 10.1 Å². The predicted octanol–water partition coefficient (Wildman–Crippen LogP) is 3.05. The lowest BCUT2D eigenvalue weighted by Gasteiger charge is -2.36. The van der Waals surface area contributed by atoms with Gasteiger partial charge in [-0.3, -0.25) is 4.90 Å². The topological polar surface area (TPSA) is 24.5 Å². The second kappa shape index (κ2) is 5.98. The van der Waals surface area contributed by atoms with E-state index in [1.54, 1.807) is 7.11 Å². The van der Waals surface area contributed by atoms with Crippen LogP contribution in [0.4, 0.5) is 0 Å². The number of benzene rings is 1. The van der Waals surface area contributed by atoms with E-state index in [0.717, 1.165) is 31.3 Å². The largest absolute Gasteiger partial charge is 0.497 e. The molecule has 1 aromatic carbocycles. The van der Waals surface area contributed by atoms with Gasteiger partial charge in [0.1, 0.15) is 5.75 Å². The number of nitrogens with one attached hydrogen (secondary N) is 1. The van der Waals surface area contributed by atoms with Crippen molar-refractivity contribution < 1.29 is 4.74 Å². The summed E-state index contributed by atoms with van der Waals surface area (Å²) in [6.07, 6.45) is 4.03. The van der Waals surface area contributed by atoms with Crippen LogP contribution in [0.3, 0.4) is 0 Å². The molecular weight excluding hydrogens is 260 g/mol. The Balaban J connectivity index is 1.71. The molecule has 2 aliphatic rings. The first-order valence-corrected chi connectivity index (χ1v) is 8.23. The van der Waals surface area contributed by atoms with Crippen LogP contribution in [0.2, 0.25) is 0 Å². The van der Waals surface area contributed by atoms with E-state index in [-0.39, 0.29) is 0 Å². The van der Waals surface area contributed by atoms with Crippen LogP contribution in [0.1, 0.15) is 38.7 Å². The third-order valence-electron chi connectivity index (χ3n) is 5.27. The zero-order valence-corrected chi connectivity index (χ0v) is 13.6. The van der Waals surface area contributed by atoms with Crippen molar-refractivity contribution in [2.24, 2.45) is 5.92 Å². The molecule has 3 heteroatoms. The summed E-state index contributed by atoms with van der Waals surface area (Å²) in [6, 6.07) is 9.16. The van der Waals surface area contributed by atoms with E-state index >= 15 is 0 Å². The van der Waals surface area contributed by atoms with E-state index in [4.69, 9.17) is 4.74 Å². The molecular formula is C18H28N2O. The minimum atomic E-state index is 0.303. The van der Waals surface area contributed by atoms with E-state index in [9.17, 15) is 0 Å². The van der Waals surface area contributed by atoms with Crippen molar-refractivity contribution in [3.63, 3.8) is 0 Å². The summed E-state index contributed by atoms with van der Waals surface area (Å²) in [5, 5.41) is 3.82. The van der Waals surface area contributed by atoms with E-state index in [2.05, 4.69) is 48.3 Å². The van der Waals surface area contributed by atoms with Crippen molar-refractivity contribution in [3.05, 3.63) is 29.8 Å². The van der Waals surface area contributed by atoms with Crippen LogP contribution < -0.4 is 10.1 Å². The molecule has 0 spiro atoms. The number of hydrogen-bond donors (Lipinski definition) is 1. The van der Waals surface area contributed by atoms with Crippen molar-refractivity contribution in [3.8, 4) is 5.75 Å². The van der Waals surface area contributed by atoms with E-state index in [1.165, 1.54) is 24.8 Å². The summed E-state index contributed by atoms with van der Waals surface area (Å²) in [7, 11) is 1.72. The minimum Gasteiger partial charge on any atom is -0.497 e. The zero-order chi connectivity index (χ0) is 14.9. The van der Waals surface area contributed by atoms with E-state index < -0.39 is 0 Å². The molecule has 116 valence electrons. The number of ether oxygens (including phenoxy) is 1. The Morgan fingerprint density at radius 3 is 2.57 bits per heavy atom. The first-order chi connectivity index (χ1) is 10.1. The van der Waals surface area contributed by atoms with E-state index in [1.807, 2.05) is 0 Å². The fourth-order valence-corrected chi connectivity index (χ4v) is 3.55. The fourth-order valence-electron chi connectivity index (χ4n) is 3.55. The van der Waals surface area contributed by atoms with Crippen LogP contribution in [0.5, 0.6) is 5.75 Å². The monoisotopic (exact) mass is 288 g/mol. The van der Waals surface area contributed by atoms with E-state index in [0.29, 0.717) is 11.6 Å². The fraction of sp³-hybridized carbons (Fsp3) is 0.667. The molecule has 0 radical (unpaired) electrons. The van der Waals surface area contributed by atoms with Crippen LogP contribution in [-0.2, 0) is 6.54 Å². The quantitative estimate of drug-likeness (QED) is 0.921. The van der Waals surface area contributed by atoms with Crippen molar-refractivity contribution in [2.75, 3.05) is 20.2 Å². The highest BCUT2D eigenvalue weighted by molar-refractivity contribution is 5.27. The number of nitrogens with zero attached hydrogens (tertiary/aromatic N) is 1. The molecule has 1 heterocycles. The minimum absolute atomic E-state index is 0.303. The van der Waals surface area contributed by atoms with Crippen LogP contribution in [0.25, 0.3) is 0 Å². The highest BCUT2D eigenvalue weighted by Crippen LogP contribution is 2.41. The Morgan fingerprint density at radius 2 is 1.95 bits per heavy atom. The molecule has 1 aliphatic carbocycles. The summed E-state index contributed by atoms with van der Waals surface area (Å²) in [5.41, 5.74) is 1.68. The molecule has 1 saturated carbocycles. The summed E-state index contributed by atoms with van der Waals surface area (Å²) < 4.78 is 5.25. The second-order valence-corrected chi connectivity index (χ2v) is 7.01. The summed E-state index contributed by atoms with van der Waals surface area (Å²) >= 11 is 0. The molecule has 3 rings (SSSR count). The molecule has 3 nitrogen and oxygen atoms in total. The number of hydrogen-bond acceptors (Lipinski definition) is 3. The van der Waals surface area contributed by atoms with Crippen molar-refractivity contribution in [1.82, 2.24) is 10.2 Å². The molecule has 1 saturated heterocycles. The lowest BCUT2D eigenvalue weighted by atomic mass is 9.95. The van der Waals surface area contributed by atoms with Gasteiger partial charge in [0.2, 0.25) is 0 Å². The van der Waals surface area contributed by atoms with Crippen molar-refractivity contribution in [1.29, 1.82) is 0 Å². The van der Waals surface area contributed by atoms with Gasteiger partial charge in [0.15, 0.2) is 0 Å². The van der Waals surface area contributed by atoms with Crippen LogP contribution in [0.15, 0.2) is 24.3 Å². The molecule has 2 fully saturated rings. The molecule has 1 N–H and O–H groups in total. The molecule has 0 aromatic heterocycles. The zero-order valence-electron chi connectivity index (χ0n) is 13.6. The second-order valence-electron chi connectivity index (χ2n) is 7.01. The average molecular weight is 288 g/mol. The van der Waals surface area contributed by atoms with Gasteiger partial charge in [0.25, 0.3) is 0 Å². The first-order valence-electron chi connectivity index (χ1n) is 8.23. The SMILES string of the molecule is COc1ccc(CN2CC(C)(C3CC3)NCCC2C)cc1. The van der Waals surface area contributed by atoms with Crippen LogP contribution in [0, 0.1) is 5.92 Å². The van der Waals surface area contributed by atoms with Gasteiger partial charge in [-0.25, -0.2) is 0 Å². The van der Waals surface area contributed by atoms with Gasteiger partial charge in [-0.15, -0.1) is 0 Å². The molecule has 2 atom stereocenters. The smallest absolute Gasteiger partial charge is 0.118 e. The van der Waals surface area contributed by atoms with Crippen molar-refractivity contribution >= 4 is 0 Å². The molecule has 2 unspecified atom stereocenters. The molecule has 1 aromatic rings. The van der Waals surface area contributed by atoms with Gasteiger partial charge in [0, 0.05) is 24.7 Å². The van der Waals surface area contributed by atoms with Gasteiger partial charge in [-0.1, -0.05) is 12.1 Å². The molecule has 1 aliphatic heterocycles. The van der Waals surface area contributed by atoms with Crippen molar-refractivity contribution in [2.45, 2.75) is 51.2 Å². The highest BCUT2D eigenvalue weighted by Gasteiger charge is 2.43. The Morgan fingerprint density at radius 1 is 1.24 bits per heavy atom. The molecule has 0 bridgehead atoms. The number of methoxy groups -OCH3 is 1. The third kappa shape index (κ3) is 3.41. The Bertz CT molecular complexity index is 469. The predicted molar refractivity (Wildman–Crippen MR) is 86.6 cm³/mol. The first kappa shape index (κ1) is 14.9. The van der Waals surface area contributed by atoms with Crippen LogP contribution >= 0.6 is 0 Å². The van der Waals surface area contributed by atoms with Gasteiger partial charge in [0.05, 0.1) is 7.11 Å². The molecule has 0 amide bonds. The van der Waals surface area contributed by atoms with Gasteiger partial charge >= 0.3 is 0 Å². The summed E-state index contributed by atoms with van der Waals surface area (Å²) in [5.74, 6) is 1.81. The Hall–Kier alpha value is -1.06. The number of rotatable bonds is 4.